The maximum atomic E-state index is 12.1. The molecule has 4 heteroatoms. The van der Waals surface area contributed by atoms with Gasteiger partial charge in [-0.25, -0.2) is 0 Å². The van der Waals surface area contributed by atoms with Crippen molar-refractivity contribution in [1.29, 1.82) is 0 Å². The van der Waals surface area contributed by atoms with Crippen LogP contribution in [0.4, 0.5) is 0 Å². The Balaban J connectivity index is 1.96. The van der Waals surface area contributed by atoms with Gasteiger partial charge in [0.15, 0.2) is 0 Å². The third-order valence-corrected chi connectivity index (χ3v) is 3.91. The molecular weight excluding hydrogens is 274 g/mol. The minimum absolute atomic E-state index is 0.00383. The highest BCUT2D eigenvalue weighted by molar-refractivity contribution is 5.94. The molecule has 0 aliphatic heterocycles. The molecule has 3 aromatic rings. The fourth-order valence-electron chi connectivity index (χ4n) is 2.71. The fraction of sp³-hybridized carbons (Fsp3) is 0.278. The predicted octanol–water partition coefficient (Wildman–Crippen LogP) is 3.03. The first-order chi connectivity index (χ1) is 10.7. The summed E-state index contributed by atoms with van der Waals surface area (Å²) in [6, 6.07) is 10.5. The Morgan fingerprint density at radius 1 is 1.18 bits per heavy atom. The second-order valence-corrected chi connectivity index (χ2v) is 5.60. The quantitative estimate of drug-likeness (QED) is 0.711. The monoisotopic (exact) mass is 295 g/mol. The third kappa shape index (κ3) is 2.70. The van der Waals surface area contributed by atoms with E-state index in [2.05, 4.69) is 41.5 Å². The van der Waals surface area contributed by atoms with Crippen molar-refractivity contribution in [2.75, 3.05) is 6.54 Å². The van der Waals surface area contributed by atoms with Gasteiger partial charge in [0.2, 0.25) is 0 Å². The van der Waals surface area contributed by atoms with Crippen molar-refractivity contribution in [3.8, 4) is 11.1 Å². The number of benzene rings is 1. The van der Waals surface area contributed by atoms with Gasteiger partial charge in [-0.3, -0.25) is 4.79 Å². The zero-order valence-corrected chi connectivity index (χ0v) is 13.0. The number of aromatic nitrogens is 2. The smallest absolute Gasteiger partial charge is 0.274 e. The zero-order chi connectivity index (χ0) is 15.5. The lowest BCUT2D eigenvalue weighted by Gasteiger charge is -2.08. The Morgan fingerprint density at radius 3 is 2.68 bits per heavy atom. The molecule has 0 unspecified atom stereocenters. The van der Waals surface area contributed by atoms with Crippen LogP contribution in [0.2, 0.25) is 0 Å². The van der Waals surface area contributed by atoms with Crippen LogP contribution >= 0.6 is 0 Å². The van der Waals surface area contributed by atoms with Crippen molar-refractivity contribution >= 4 is 10.9 Å². The van der Waals surface area contributed by atoms with Crippen molar-refractivity contribution in [3.05, 3.63) is 58.6 Å². The molecule has 0 bridgehead atoms. The molecule has 0 aliphatic rings. The van der Waals surface area contributed by atoms with Crippen molar-refractivity contribution in [1.82, 2.24) is 14.9 Å². The van der Waals surface area contributed by atoms with Crippen LogP contribution in [0.25, 0.3) is 22.0 Å². The van der Waals surface area contributed by atoms with Crippen LogP contribution < -0.4 is 10.9 Å². The normalized spacial score (nSPS) is 11.2. The van der Waals surface area contributed by atoms with Crippen LogP contribution in [0.1, 0.15) is 18.9 Å². The Kier molecular flexibility index (Phi) is 4.11. The Labute approximate surface area is 129 Å². The van der Waals surface area contributed by atoms with E-state index in [0.717, 1.165) is 36.0 Å². The maximum absolute atomic E-state index is 12.1. The molecule has 0 saturated heterocycles. The van der Waals surface area contributed by atoms with Gasteiger partial charge in [-0.05, 0) is 30.2 Å². The van der Waals surface area contributed by atoms with E-state index >= 15 is 0 Å². The second kappa shape index (κ2) is 6.20. The highest BCUT2D eigenvalue weighted by Gasteiger charge is 2.09. The first-order valence-electron chi connectivity index (χ1n) is 7.67. The van der Waals surface area contributed by atoms with Crippen LogP contribution in [0, 0.1) is 0 Å². The van der Waals surface area contributed by atoms with E-state index in [4.69, 9.17) is 0 Å². The number of hydrogen-bond donors (Lipinski definition) is 2. The summed E-state index contributed by atoms with van der Waals surface area (Å²) in [6.07, 6.45) is 4.86. The van der Waals surface area contributed by atoms with Gasteiger partial charge in [0.1, 0.15) is 5.52 Å². The van der Waals surface area contributed by atoms with Gasteiger partial charge in [0.05, 0.1) is 0 Å². The molecule has 3 rings (SSSR count). The third-order valence-electron chi connectivity index (χ3n) is 3.91. The average Bonchev–Trinajstić information content (AvgIpc) is 3.02. The molecule has 0 amide bonds. The van der Waals surface area contributed by atoms with Gasteiger partial charge in [-0.2, -0.15) is 0 Å². The first kappa shape index (κ1) is 14.6. The van der Waals surface area contributed by atoms with E-state index < -0.39 is 0 Å². The van der Waals surface area contributed by atoms with Gasteiger partial charge in [0, 0.05) is 36.9 Å². The lowest BCUT2D eigenvalue weighted by Crippen LogP contribution is -2.16. The van der Waals surface area contributed by atoms with E-state index in [-0.39, 0.29) is 5.56 Å². The summed E-state index contributed by atoms with van der Waals surface area (Å²) < 4.78 is 1.63. The highest BCUT2D eigenvalue weighted by Crippen LogP contribution is 2.26. The van der Waals surface area contributed by atoms with E-state index in [1.165, 1.54) is 5.56 Å². The zero-order valence-electron chi connectivity index (χ0n) is 13.0. The van der Waals surface area contributed by atoms with E-state index in [1.807, 2.05) is 18.5 Å². The van der Waals surface area contributed by atoms with Crippen molar-refractivity contribution < 1.29 is 0 Å². The molecule has 2 aromatic heterocycles. The minimum atomic E-state index is 0.00383. The largest absolute Gasteiger partial charge is 0.357 e. The SMILES string of the molecule is CCCNCc1ccc(-c2cn(C)c(=O)c3[nH]ccc23)cc1. The topological polar surface area (TPSA) is 49.8 Å². The standard InChI is InChI=1S/C18H21N3O/c1-3-9-19-11-13-4-6-14(7-5-13)16-12-21(2)18(22)17-15(16)8-10-20-17/h4-8,10,12,19-20H,3,9,11H2,1-2H3. The van der Waals surface area contributed by atoms with Gasteiger partial charge in [0.25, 0.3) is 5.56 Å². The number of fused-ring (bicyclic) bond motifs is 1. The number of H-pyrrole nitrogens is 1. The van der Waals surface area contributed by atoms with Crippen molar-refractivity contribution in [2.45, 2.75) is 19.9 Å². The number of nitrogens with one attached hydrogen (secondary N) is 2. The molecule has 0 saturated carbocycles. The fourth-order valence-corrected chi connectivity index (χ4v) is 2.71. The number of aryl methyl sites for hydroxylation is 1. The van der Waals surface area contributed by atoms with E-state index in [1.54, 1.807) is 11.6 Å². The second-order valence-electron chi connectivity index (χ2n) is 5.60. The molecule has 0 spiro atoms. The Hall–Kier alpha value is -2.33. The molecule has 2 N–H and O–H groups in total. The summed E-state index contributed by atoms with van der Waals surface area (Å²) in [6.45, 7) is 4.09. The number of hydrogen-bond acceptors (Lipinski definition) is 2. The molecular formula is C18H21N3O. The summed E-state index contributed by atoms with van der Waals surface area (Å²) in [5.74, 6) is 0. The summed E-state index contributed by atoms with van der Waals surface area (Å²) in [5, 5.41) is 4.37. The number of rotatable bonds is 5. The van der Waals surface area contributed by atoms with Crippen LogP contribution in [0.3, 0.4) is 0 Å². The molecule has 0 radical (unpaired) electrons. The summed E-state index contributed by atoms with van der Waals surface area (Å²) >= 11 is 0. The van der Waals surface area contributed by atoms with Crippen LogP contribution in [-0.4, -0.2) is 16.1 Å². The molecule has 1 aromatic carbocycles. The number of aromatic amines is 1. The molecule has 0 fully saturated rings. The average molecular weight is 295 g/mol. The lowest BCUT2D eigenvalue weighted by molar-refractivity contribution is 0.675. The van der Waals surface area contributed by atoms with E-state index in [0.29, 0.717) is 5.52 Å². The molecule has 4 nitrogen and oxygen atoms in total. The molecule has 2 heterocycles. The molecule has 0 atom stereocenters. The van der Waals surface area contributed by atoms with Crippen LogP contribution in [0.5, 0.6) is 0 Å². The number of nitrogens with zero attached hydrogens (tertiary/aromatic N) is 1. The maximum Gasteiger partial charge on any atom is 0.274 e. The molecule has 22 heavy (non-hydrogen) atoms. The number of pyridine rings is 1. The first-order valence-corrected chi connectivity index (χ1v) is 7.67. The summed E-state index contributed by atoms with van der Waals surface area (Å²) in [5.41, 5.74) is 4.14. The highest BCUT2D eigenvalue weighted by atomic mass is 16.1. The van der Waals surface area contributed by atoms with Crippen molar-refractivity contribution in [2.24, 2.45) is 7.05 Å². The summed E-state index contributed by atoms with van der Waals surface area (Å²) in [7, 11) is 1.79. The van der Waals surface area contributed by atoms with Gasteiger partial charge < -0.3 is 14.9 Å². The predicted molar refractivity (Wildman–Crippen MR) is 91.0 cm³/mol. The van der Waals surface area contributed by atoms with Crippen LogP contribution in [-0.2, 0) is 13.6 Å². The van der Waals surface area contributed by atoms with Gasteiger partial charge in [-0.1, -0.05) is 31.2 Å². The van der Waals surface area contributed by atoms with Gasteiger partial charge in [-0.15, -0.1) is 0 Å². The van der Waals surface area contributed by atoms with Crippen molar-refractivity contribution in [3.63, 3.8) is 0 Å². The van der Waals surface area contributed by atoms with E-state index in [9.17, 15) is 4.79 Å². The van der Waals surface area contributed by atoms with Crippen LogP contribution in [0.15, 0.2) is 47.5 Å². The van der Waals surface area contributed by atoms with Gasteiger partial charge >= 0.3 is 0 Å². The Morgan fingerprint density at radius 2 is 1.95 bits per heavy atom. The Bertz CT molecular complexity index is 828. The lowest BCUT2D eigenvalue weighted by atomic mass is 10.0. The molecule has 0 aliphatic carbocycles. The minimum Gasteiger partial charge on any atom is -0.357 e. The molecule has 114 valence electrons. The summed E-state index contributed by atoms with van der Waals surface area (Å²) in [4.78, 5) is 15.1.